The van der Waals surface area contributed by atoms with E-state index in [1.165, 1.54) is 24.3 Å². The Bertz CT molecular complexity index is 1660. The van der Waals surface area contributed by atoms with Gasteiger partial charge < -0.3 is 11.5 Å². The Morgan fingerprint density at radius 2 is 1.76 bits per heavy atom. The van der Waals surface area contributed by atoms with Gasteiger partial charge in [-0.15, -0.1) is 17.5 Å². The molecule has 0 fully saturated rings. The molecule has 0 bridgehead atoms. The number of hydrogen-bond acceptors (Lipinski definition) is 9. The molecule has 0 saturated heterocycles. The maximum Gasteiger partial charge on any atom is 0.435 e. The minimum Gasteiger partial charge on any atom is -0.388 e. The van der Waals surface area contributed by atoms with E-state index >= 15 is 0 Å². The molecule has 2 heterocycles. The maximum atomic E-state index is 13.1. The zero-order chi connectivity index (χ0) is 32.5. The molecule has 0 aliphatic carbocycles. The number of alkyl halides is 3. The van der Waals surface area contributed by atoms with Crippen molar-refractivity contribution in [1.29, 1.82) is 0 Å². The molecule has 0 aliphatic heterocycles. The first-order valence-electron chi connectivity index (χ1n) is 13.1. The van der Waals surface area contributed by atoms with Crippen LogP contribution in [0.5, 0.6) is 0 Å². The van der Waals surface area contributed by atoms with Crippen molar-refractivity contribution in [2.75, 3.05) is 11.9 Å². The van der Waals surface area contributed by atoms with E-state index in [-0.39, 0.29) is 40.5 Å². The van der Waals surface area contributed by atoms with Crippen molar-refractivity contribution in [2.45, 2.75) is 50.2 Å². The van der Waals surface area contributed by atoms with Gasteiger partial charge >= 0.3 is 6.18 Å². The van der Waals surface area contributed by atoms with Crippen LogP contribution in [-0.2, 0) is 21.0 Å². The Kier molecular flexibility index (Phi) is 13.1. The second kappa shape index (κ2) is 16.1. The van der Waals surface area contributed by atoms with E-state index in [0.29, 0.717) is 24.4 Å². The maximum absolute atomic E-state index is 13.1. The normalized spacial score (nSPS) is 12.5. The third kappa shape index (κ3) is 11.2. The number of carbonyl (C=O) groups excluding carboxylic acids is 1. The highest BCUT2D eigenvalue weighted by molar-refractivity contribution is 7.89. The van der Waals surface area contributed by atoms with Crippen LogP contribution in [0.2, 0.25) is 0 Å². The van der Waals surface area contributed by atoms with Gasteiger partial charge in [-0.25, -0.2) is 18.2 Å². The fourth-order valence-electron chi connectivity index (χ4n) is 3.70. The molecule has 0 saturated carbocycles. The molecular formula is C26H33ClF3N11O3S. The number of hydrogen-bond donors (Lipinski definition) is 5. The number of unbranched alkanes of at least 4 members (excludes halogenated alkanes) is 1. The average Bonchev–Trinajstić information content (AvgIpc) is 3.63. The molecule has 4 aromatic rings. The third-order valence-corrected chi connectivity index (χ3v) is 6.89. The quantitative estimate of drug-likeness (QED) is 0.0947. The van der Waals surface area contributed by atoms with Gasteiger partial charge in [-0.3, -0.25) is 15.1 Å². The van der Waals surface area contributed by atoms with Crippen LogP contribution in [-0.4, -0.2) is 63.2 Å². The van der Waals surface area contributed by atoms with Crippen molar-refractivity contribution < 1.29 is 26.4 Å². The van der Waals surface area contributed by atoms with E-state index in [1.807, 2.05) is 6.92 Å². The summed E-state index contributed by atoms with van der Waals surface area (Å²) < 4.78 is 63.2. The number of anilines is 1. The Balaban J connectivity index is 0.000000328. The number of nitrogens with zero attached hydrogens (tertiary/aromatic N) is 6. The summed E-state index contributed by atoms with van der Waals surface area (Å²) in [6.45, 7) is 4.26. The first kappa shape index (κ1) is 36.8. The number of aromatic amines is 1. The average molecular weight is 672 g/mol. The molecule has 1 amide bonds. The summed E-state index contributed by atoms with van der Waals surface area (Å²) in [5.41, 5.74) is 12.1. The summed E-state index contributed by atoms with van der Waals surface area (Å²) in [6.07, 6.45) is -2.39. The number of benzene rings is 2. The van der Waals surface area contributed by atoms with Crippen molar-refractivity contribution in [2.24, 2.45) is 21.6 Å². The lowest BCUT2D eigenvalue weighted by molar-refractivity contribution is -0.141. The lowest BCUT2D eigenvalue weighted by Gasteiger charge is -2.09. The molecule has 0 radical (unpaired) electrons. The Hall–Kier alpha value is -4.39. The standard InChI is InChI=1S/C17H14F3N3O2S.C9H18N8O.ClH/c1-11-2-4-12(5-3-11)15-10-16(17(18,19)20)22-23(15)13-6-8-14(9-7-13)26(21,24)25;1-6(10)12-5-3-2-4-7(11)8(18)13-9-14-16-17-15-9;/h2-10H,1H3,(H2,21,24,25);7H,2-5,11H2,1H3,(H2,10,12)(H2,13,14,15,16,17,18);1H/t;7-;/m.0./s1. The summed E-state index contributed by atoms with van der Waals surface area (Å²) in [7, 11) is -3.90. The number of aromatic nitrogens is 6. The lowest BCUT2D eigenvalue weighted by Crippen LogP contribution is -2.35. The van der Waals surface area contributed by atoms with Crippen molar-refractivity contribution in [1.82, 2.24) is 30.4 Å². The summed E-state index contributed by atoms with van der Waals surface area (Å²) in [5.74, 6) is 0.364. The fourth-order valence-corrected chi connectivity index (χ4v) is 4.22. The number of tetrazole rings is 1. The summed E-state index contributed by atoms with van der Waals surface area (Å²) in [4.78, 5) is 15.5. The minimum atomic E-state index is -4.61. The van der Waals surface area contributed by atoms with E-state index in [0.717, 1.165) is 29.2 Å². The summed E-state index contributed by atoms with van der Waals surface area (Å²) in [5, 5.41) is 23.9. The summed E-state index contributed by atoms with van der Waals surface area (Å²) in [6, 6.07) is 12.5. The number of aryl methyl sites for hydroxylation is 1. The molecule has 0 unspecified atom stereocenters. The van der Waals surface area contributed by atoms with Gasteiger partial charge in [-0.1, -0.05) is 34.9 Å². The highest BCUT2D eigenvalue weighted by atomic mass is 35.5. The predicted molar refractivity (Wildman–Crippen MR) is 164 cm³/mol. The monoisotopic (exact) mass is 671 g/mol. The molecule has 1 atom stereocenters. The van der Waals surface area contributed by atoms with E-state index in [9.17, 15) is 26.4 Å². The number of H-pyrrole nitrogens is 1. The molecule has 19 heteroatoms. The van der Waals surface area contributed by atoms with E-state index in [4.69, 9.17) is 16.6 Å². The molecule has 2 aromatic heterocycles. The van der Waals surface area contributed by atoms with Crippen molar-refractivity contribution >= 4 is 40.1 Å². The van der Waals surface area contributed by atoms with Gasteiger partial charge in [0.15, 0.2) is 5.69 Å². The van der Waals surface area contributed by atoms with Crippen molar-refractivity contribution in [3.05, 3.63) is 65.9 Å². The minimum absolute atomic E-state index is 0. The SMILES string of the molecule is CC(N)=NCCCC[C@H](N)C(=O)Nc1nn[nH]n1.Cc1ccc(-c2cc(C(F)(F)F)nn2-c2ccc(S(N)(=O)=O)cc2)cc1.Cl. The number of sulfonamides is 1. The predicted octanol–water partition coefficient (Wildman–Crippen LogP) is 2.95. The van der Waals surface area contributed by atoms with E-state index in [2.05, 4.69) is 36.0 Å². The van der Waals surface area contributed by atoms with Crippen LogP contribution in [0.3, 0.4) is 0 Å². The number of halogens is 4. The number of nitrogens with one attached hydrogen (secondary N) is 2. The smallest absolute Gasteiger partial charge is 0.388 e. The number of carbonyl (C=O) groups is 1. The number of amidine groups is 1. The lowest BCUT2D eigenvalue weighted by atomic mass is 10.1. The summed E-state index contributed by atoms with van der Waals surface area (Å²) >= 11 is 0. The highest BCUT2D eigenvalue weighted by Crippen LogP contribution is 2.33. The van der Waals surface area contributed by atoms with Crippen LogP contribution in [0.15, 0.2) is 64.5 Å². The number of amides is 1. The van der Waals surface area contributed by atoms with Gasteiger partial charge in [0.2, 0.25) is 15.9 Å². The van der Waals surface area contributed by atoms with E-state index < -0.39 is 27.9 Å². The van der Waals surface area contributed by atoms with Crippen LogP contribution in [0.4, 0.5) is 19.1 Å². The molecule has 14 nitrogen and oxygen atoms in total. The number of nitrogens with two attached hydrogens (primary N) is 3. The van der Waals surface area contributed by atoms with Gasteiger partial charge in [0.05, 0.1) is 28.2 Å². The third-order valence-electron chi connectivity index (χ3n) is 5.96. The van der Waals surface area contributed by atoms with Crippen LogP contribution in [0.1, 0.15) is 37.4 Å². The first-order chi connectivity index (χ1) is 20.6. The van der Waals surface area contributed by atoms with Gasteiger partial charge in [0.25, 0.3) is 5.95 Å². The van der Waals surface area contributed by atoms with Crippen LogP contribution in [0.25, 0.3) is 16.9 Å². The zero-order valence-corrected chi connectivity index (χ0v) is 25.8. The fraction of sp³-hybridized carbons (Fsp3) is 0.308. The molecule has 45 heavy (non-hydrogen) atoms. The van der Waals surface area contributed by atoms with Gasteiger partial charge in [-0.2, -0.15) is 23.5 Å². The van der Waals surface area contributed by atoms with Crippen molar-refractivity contribution in [3.8, 4) is 16.9 Å². The number of primary sulfonamides is 1. The van der Waals surface area contributed by atoms with Crippen LogP contribution < -0.4 is 21.9 Å². The Labute approximate surface area is 263 Å². The second-order valence-corrected chi connectivity index (χ2v) is 11.1. The molecular weight excluding hydrogens is 639 g/mol. The molecule has 8 N–H and O–H groups in total. The molecule has 4 rings (SSSR count). The number of rotatable bonds is 10. The Morgan fingerprint density at radius 1 is 1.11 bits per heavy atom. The van der Waals surface area contributed by atoms with Gasteiger partial charge in [0, 0.05) is 12.1 Å². The van der Waals surface area contributed by atoms with E-state index in [1.54, 1.807) is 31.2 Å². The largest absolute Gasteiger partial charge is 0.435 e. The molecule has 244 valence electrons. The topological polar surface area (TPSA) is 226 Å². The van der Waals surface area contributed by atoms with Crippen LogP contribution in [0, 0.1) is 6.92 Å². The highest BCUT2D eigenvalue weighted by Gasteiger charge is 2.35. The molecule has 0 spiro atoms. The van der Waals surface area contributed by atoms with Crippen molar-refractivity contribution in [3.63, 3.8) is 0 Å². The molecule has 2 aromatic carbocycles. The van der Waals surface area contributed by atoms with Gasteiger partial charge in [0.1, 0.15) is 0 Å². The molecule has 0 aliphatic rings. The first-order valence-corrected chi connectivity index (χ1v) is 14.6. The second-order valence-electron chi connectivity index (χ2n) is 9.58. The number of aliphatic imine (C=N–C) groups is 1. The Morgan fingerprint density at radius 3 is 2.29 bits per heavy atom. The van der Waals surface area contributed by atoms with Gasteiger partial charge in [-0.05, 0) is 68.7 Å². The van der Waals surface area contributed by atoms with Crippen LogP contribution >= 0.6 is 12.4 Å². The zero-order valence-electron chi connectivity index (χ0n) is 24.2.